The first-order valence-corrected chi connectivity index (χ1v) is 7.21. The minimum absolute atomic E-state index is 0. The van der Waals surface area contributed by atoms with Crippen LogP contribution >= 0.6 is 39.7 Å². The molecule has 0 saturated carbocycles. The number of pyridine rings is 1. The Labute approximate surface area is 130 Å². The van der Waals surface area contributed by atoms with Crippen LogP contribution in [0, 0.1) is 0 Å². The number of rotatable bonds is 3. The Hall–Kier alpha value is -1.24. The molecule has 0 spiro atoms. The molecule has 0 aromatic carbocycles. The monoisotopic (exact) mass is 353 g/mol. The minimum atomic E-state index is 0. The van der Waals surface area contributed by atoms with E-state index in [1.807, 2.05) is 31.4 Å². The molecule has 0 amide bonds. The molecule has 0 atom stereocenters. The Kier molecular flexibility index (Phi) is 4.68. The Morgan fingerprint density at radius 1 is 1.05 bits per heavy atom. The summed E-state index contributed by atoms with van der Waals surface area (Å²) in [6.45, 7) is 0. The average Bonchev–Trinajstić information content (AvgIpc) is 3.08. The molecule has 0 saturated heterocycles. The Morgan fingerprint density at radius 3 is 2.47 bits per heavy atom. The van der Waals surface area contributed by atoms with Gasteiger partial charge in [0.1, 0.15) is 0 Å². The van der Waals surface area contributed by atoms with Crippen molar-refractivity contribution in [1.29, 1.82) is 0 Å². The first-order chi connectivity index (χ1) is 8.86. The number of nitrogens with one attached hydrogen (secondary N) is 1. The van der Waals surface area contributed by atoms with Crippen LogP contribution in [0.15, 0.2) is 41.9 Å². The molecule has 3 heterocycles. The summed E-state index contributed by atoms with van der Waals surface area (Å²) in [5.74, 6) is 0. The summed E-state index contributed by atoms with van der Waals surface area (Å²) in [5.41, 5.74) is 2.04. The summed E-state index contributed by atoms with van der Waals surface area (Å²) in [5, 5.41) is 6.07. The van der Waals surface area contributed by atoms with Gasteiger partial charge in [-0.1, -0.05) is 6.07 Å². The van der Waals surface area contributed by atoms with Crippen LogP contribution in [0.3, 0.4) is 0 Å². The fraction of sp³-hybridized carbons (Fsp3) is 0.0769. The van der Waals surface area contributed by atoms with Crippen LogP contribution in [0.1, 0.15) is 0 Å². The summed E-state index contributed by atoms with van der Waals surface area (Å²) in [4.78, 5) is 11.2. The van der Waals surface area contributed by atoms with E-state index in [4.69, 9.17) is 0 Å². The SMILES string of the molecule is Br.CNc1nc(-c2ccc(-c3ccccn3)s2)cs1. The molecule has 0 bridgehead atoms. The lowest BCUT2D eigenvalue weighted by molar-refractivity contribution is 1.34. The van der Waals surface area contributed by atoms with Crippen LogP contribution in [0.5, 0.6) is 0 Å². The van der Waals surface area contributed by atoms with Gasteiger partial charge in [-0.15, -0.1) is 39.7 Å². The van der Waals surface area contributed by atoms with Crippen molar-refractivity contribution in [1.82, 2.24) is 9.97 Å². The van der Waals surface area contributed by atoms with Crippen LogP contribution in [0.2, 0.25) is 0 Å². The molecular formula is C13H12BrN3S2. The first-order valence-electron chi connectivity index (χ1n) is 5.52. The van der Waals surface area contributed by atoms with Crippen LogP contribution < -0.4 is 5.32 Å². The molecule has 6 heteroatoms. The molecule has 19 heavy (non-hydrogen) atoms. The molecule has 0 aliphatic heterocycles. The number of nitrogens with zero attached hydrogens (tertiary/aromatic N) is 2. The Balaban J connectivity index is 0.00000133. The Bertz CT molecular complexity index is 649. The second-order valence-corrected chi connectivity index (χ2v) is 5.61. The Morgan fingerprint density at radius 2 is 1.84 bits per heavy atom. The van der Waals surface area contributed by atoms with Crippen molar-refractivity contribution < 1.29 is 0 Å². The van der Waals surface area contributed by atoms with E-state index in [2.05, 4.69) is 32.8 Å². The third-order valence-electron chi connectivity index (χ3n) is 2.49. The first kappa shape index (κ1) is 14.2. The lowest BCUT2D eigenvalue weighted by Gasteiger charge is -1.93. The zero-order valence-electron chi connectivity index (χ0n) is 10.2. The number of hydrogen-bond donors (Lipinski definition) is 1. The lowest BCUT2D eigenvalue weighted by Crippen LogP contribution is -1.84. The van der Waals surface area contributed by atoms with E-state index in [1.54, 1.807) is 22.7 Å². The van der Waals surface area contributed by atoms with E-state index in [1.165, 1.54) is 9.75 Å². The topological polar surface area (TPSA) is 37.8 Å². The summed E-state index contributed by atoms with van der Waals surface area (Å²) in [7, 11) is 1.89. The molecular weight excluding hydrogens is 342 g/mol. The van der Waals surface area contributed by atoms with Crippen LogP contribution in [0.25, 0.3) is 21.1 Å². The van der Waals surface area contributed by atoms with Crippen molar-refractivity contribution in [2.24, 2.45) is 0 Å². The van der Waals surface area contributed by atoms with Gasteiger partial charge in [-0.2, -0.15) is 0 Å². The molecule has 0 radical (unpaired) electrons. The molecule has 3 rings (SSSR count). The number of thiophene rings is 1. The van der Waals surface area contributed by atoms with Crippen molar-refractivity contribution in [2.75, 3.05) is 12.4 Å². The van der Waals surface area contributed by atoms with Gasteiger partial charge < -0.3 is 5.32 Å². The van der Waals surface area contributed by atoms with Crippen molar-refractivity contribution in [3.8, 4) is 21.1 Å². The highest BCUT2D eigenvalue weighted by molar-refractivity contribution is 8.93. The van der Waals surface area contributed by atoms with E-state index in [9.17, 15) is 0 Å². The van der Waals surface area contributed by atoms with Crippen LogP contribution in [-0.4, -0.2) is 17.0 Å². The fourth-order valence-corrected chi connectivity index (χ4v) is 3.31. The van der Waals surface area contributed by atoms with Crippen LogP contribution in [0.4, 0.5) is 5.13 Å². The van der Waals surface area contributed by atoms with Gasteiger partial charge in [-0.25, -0.2) is 4.98 Å². The third kappa shape index (κ3) is 3.02. The minimum Gasteiger partial charge on any atom is -0.365 e. The molecule has 3 aromatic rings. The predicted octanol–water partition coefficient (Wildman–Crippen LogP) is 4.55. The largest absolute Gasteiger partial charge is 0.365 e. The second kappa shape index (κ2) is 6.27. The quantitative estimate of drug-likeness (QED) is 0.750. The molecule has 0 aliphatic rings. The third-order valence-corrected chi connectivity index (χ3v) is 4.48. The van der Waals surface area contributed by atoms with Gasteiger partial charge in [0.15, 0.2) is 5.13 Å². The molecule has 1 N–H and O–H groups in total. The van der Waals surface area contributed by atoms with Crippen molar-refractivity contribution in [3.63, 3.8) is 0 Å². The van der Waals surface area contributed by atoms with Gasteiger partial charge in [0.25, 0.3) is 0 Å². The lowest BCUT2D eigenvalue weighted by atomic mass is 10.3. The van der Waals surface area contributed by atoms with E-state index >= 15 is 0 Å². The molecule has 0 unspecified atom stereocenters. The van der Waals surface area contributed by atoms with E-state index < -0.39 is 0 Å². The molecule has 0 fully saturated rings. The zero-order valence-corrected chi connectivity index (χ0v) is 13.5. The maximum absolute atomic E-state index is 4.50. The molecule has 3 aromatic heterocycles. The van der Waals surface area contributed by atoms with Crippen molar-refractivity contribution in [2.45, 2.75) is 0 Å². The zero-order chi connectivity index (χ0) is 12.4. The van der Waals surface area contributed by atoms with E-state index in [-0.39, 0.29) is 17.0 Å². The maximum atomic E-state index is 4.50. The van der Waals surface area contributed by atoms with Gasteiger partial charge in [0.05, 0.1) is 21.1 Å². The predicted molar refractivity (Wildman–Crippen MR) is 88.5 cm³/mol. The summed E-state index contributed by atoms with van der Waals surface area (Å²) >= 11 is 3.34. The summed E-state index contributed by atoms with van der Waals surface area (Å²) < 4.78 is 0. The number of hydrogen-bond acceptors (Lipinski definition) is 5. The second-order valence-electron chi connectivity index (χ2n) is 3.67. The fourth-order valence-electron chi connectivity index (χ4n) is 1.62. The van der Waals surface area contributed by atoms with Crippen LogP contribution in [-0.2, 0) is 0 Å². The standard InChI is InChI=1S/C13H11N3S2.BrH/c1-14-13-16-10(8-17-13)12-6-5-11(18-12)9-4-2-3-7-15-9;/h2-8H,1H3,(H,14,16);1H. The number of anilines is 1. The normalized spacial score (nSPS) is 9.95. The highest BCUT2D eigenvalue weighted by atomic mass is 79.9. The number of aromatic nitrogens is 2. The van der Waals surface area contributed by atoms with Gasteiger partial charge in [0.2, 0.25) is 0 Å². The average molecular weight is 354 g/mol. The van der Waals surface area contributed by atoms with Crippen molar-refractivity contribution in [3.05, 3.63) is 41.9 Å². The van der Waals surface area contributed by atoms with E-state index in [0.717, 1.165) is 16.5 Å². The summed E-state index contributed by atoms with van der Waals surface area (Å²) in [6, 6.07) is 10.2. The maximum Gasteiger partial charge on any atom is 0.182 e. The van der Waals surface area contributed by atoms with Gasteiger partial charge in [-0.3, -0.25) is 4.98 Å². The summed E-state index contributed by atoms with van der Waals surface area (Å²) in [6.07, 6.45) is 1.82. The number of thiazole rings is 1. The highest BCUT2D eigenvalue weighted by Gasteiger charge is 2.08. The van der Waals surface area contributed by atoms with Gasteiger partial charge >= 0.3 is 0 Å². The number of halogens is 1. The van der Waals surface area contributed by atoms with Crippen molar-refractivity contribution >= 4 is 44.8 Å². The smallest absolute Gasteiger partial charge is 0.182 e. The molecule has 3 nitrogen and oxygen atoms in total. The van der Waals surface area contributed by atoms with E-state index in [0.29, 0.717) is 0 Å². The highest BCUT2D eigenvalue weighted by Crippen LogP contribution is 2.34. The molecule has 98 valence electrons. The molecule has 0 aliphatic carbocycles. The van der Waals surface area contributed by atoms with Gasteiger partial charge in [0, 0.05) is 18.6 Å². The van der Waals surface area contributed by atoms with Gasteiger partial charge in [-0.05, 0) is 24.3 Å².